The first-order valence-corrected chi connectivity index (χ1v) is 5.35. The van der Waals surface area contributed by atoms with E-state index in [1.807, 2.05) is 13.1 Å². The second-order valence-corrected chi connectivity index (χ2v) is 4.42. The molecule has 3 nitrogen and oxygen atoms in total. The van der Waals surface area contributed by atoms with Gasteiger partial charge in [0.15, 0.2) is 0 Å². The fraction of sp³-hybridized carbons (Fsp3) is 0.308. The molecule has 16 heavy (non-hydrogen) atoms. The maximum atomic E-state index is 11.2. The van der Waals surface area contributed by atoms with Crippen molar-refractivity contribution in [2.24, 2.45) is 0 Å². The van der Waals surface area contributed by atoms with Crippen molar-refractivity contribution in [1.29, 1.82) is 0 Å². The van der Waals surface area contributed by atoms with Crippen molar-refractivity contribution in [3.63, 3.8) is 0 Å². The molecule has 0 radical (unpaired) electrons. The highest BCUT2D eigenvalue weighted by atomic mass is 16.4. The van der Waals surface area contributed by atoms with Crippen molar-refractivity contribution >= 4 is 16.9 Å². The number of hydrogen-bond donors (Lipinski definition) is 2. The van der Waals surface area contributed by atoms with Crippen LogP contribution in [0.25, 0.3) is 10.9 Å². The summed E-state index contributed by atoms with van der Waals surface area (Å²) >= 11 is 0. The number of benzene rings is 1. The maximum absolute atomic E-state index is 11.2. The third-order valence-corrected chi connectivity index (χ3v) is 2.92. The van der Waals surface area contributed by atoms with E-state index in [1.54, 1.807) is 6.07 Å². The van der Waals surface area contributed by atoms with E-state index in [2.05, 4.69) is 24.9 Å². The summed E-state index contributed by atoms with van der Waals surface area (Å²) < 4.78 is 0. The predicted molar refractivity (Wildman–Crippen MR) is 64.1 cm³/mol. The van der Waals surface area contributed by atoms with E-state index in [0.717, 1.165) is 22.0 Å². The zero-order valence-electron chi connectivity index (χ0n) is 9.66. The molecule has 1 aromatic carbocycles. The zero-order valence-corrected chi connectivity index (χ0v) is 9.66. The summed E-state index contributed by atoms with van der Waals surface area (Å²) in [6.07, 6.45) is 1.85. The number of carbonyl (C=O) groups is 1. The lowest BCUT2D eigenvalue weighted by Gasteiger charge is -2.08. The highest BCUT2D eigenvalue weighted by molar-refractivity contribution is 6.03. The molecule has 0 unspecified atom stereocenters. The van der Waals surface area contributed by atoms with Gasteiger partial charge in [-0.1, -0.05) is 13.8 Å². The zero-order chi connectivity index (χ0) is 11.9. The van der Waals surface area contributed by atoms with E-state index >= 15 is 0 Å². The number of carboxylic acid groups (broad SMARTS) is 1. The molecule has 0 spiro atoms. The highest BCUT2D eigenvalue weighted by Crippen LogP contribution is 2.27. The van der Waals surface area contributed by atoms with Gasteiger partial charge >= 0.3 is 5.97 Å². The van der Waals surface area contributed by atoms with Crippen molar-refractivity contribution in [3.8, 4) is 0 Å². The first kappa shape index (κ1) is 10.7. The predicted octanol–water partition coefficient (Wildman–Crippen LogP) is 3.30. The Balaban J connectivity index is 2.81. The Morgan fingerprint density at radius 2 is 2.06 bits per heavy atom. The van der Waals surface area contributed by atoms with Gasteiger partial charge in [-0.15, -0.1) is 0 Å². The monoisotopic (exact) mass is 217 g/mol. The third-order valence-electron chi connectivity index (χ3n) is 2.92. The minimum absolute atomic E-state index is 0.330. The molecule has 0 bridgehead atoms. The van der Waals surface area contributed by atoms with E-state index in [9.17, 15) is 9.90 Å². The van der Waals surface area contributed by atoms with Gasteiger partial charge in [0.1, 0.15) is 0 Å². The van der Waals surface area contributed by atoms with E-state index in [1.165, 1.54) is 0 Å². The van der Waals surface area contributed by atoms with E-state index in [0.29, 0.717) is 11.5 Å². The summed E-state index contributed by atoms with van der Waals surface area (Å²) in [6.45, 7) is 6.11. The Hall–Kier alpha value is -1.77. The number of aromatic carboxylic acids is 1. The molecule has 0 fully saturated rings. The highest BCUT2D eigenvalue weighted by Gasteiger charge is 2.14. The first-order valence-electron chi connectivity index (χ1n) is 5.35. The number of aromatic nitrogens is 1. The van der Waals surface area contributed by atoms with Gasteiger partial charge in [-0.05, 0) is 36.1 Å². The van der Waals surface area contributed by atoms with Crippen LogP contribution in [0, 0.1) is 6.92 Å². The van der Waals surface area contributed by atoms with Gasteiger partial charge < -0.3 is 10.1 Å². The Morgan fingerprint density at radius 3 is 2.62 bits per heavy atom. The minimum atomic E-state index is -0.880. The first-order chi connectivity index (χ1) is 7.50. The average molecular weight is 217 g/mol. The van der Waals surface area contributed by atoms with Gasteiger partial charge in [0, 0.05) is 11.6 Å². The number of aromatic amines is 1. The summed E-state index contributed by atoms with van der Waals surface area (Å²) in [7, 11) is 0. The Morgan fingerprint density at radius 1 is 1.38 bits per heavy atom. The van der Waals surface area contributed by atoms with Crippen LogP contribution < -0.4 is 0 Å². The van der Waals surface area contributed by atoms with E-state index < -0.39 is 5.97 Å². The summed E-state index contributed by atoms with van der Waals surface area (Å²) in [5, 5.41) is 10.2. The van der Waals surface area contributed by atoms with Crippen LogP contribution in [0.1, 0.15) is 41.3 Å². The third kappa shape index (κ3) is 1.58. The lowest BCUT2D eigenvalue weighted by Crippen LogP contribution is -2.00. The summed E-state index contributed by atoms with van der Waals surface area (Å²) in [5.41, 5.74) is 3.22. The Labute approximate surface area is 94.1 Å². The number of hydrogen-bond acceptors (Lipinski definition) is 1. The molecule has 2 N–H and O–H groups in total. The van der Waals surface area contributed by atoms with Crippen LogP contribution in [0.2, 0.25) is 0 Å². The van der Waals surface area contributed by atoms with Gasteiger partial charge in [0.25, 0.3) is 0 Å². The second-order valence-electron chi connectivity index (χ2n) is 4.42. The number of carboxylic acids is 1. The molecule has 0 atom stereocenters. The Kier molecular flexibility index (Phi) is 2.46. The number of fused-ring (bicyclic) bond motifs is 1. The van der Waals surface area contributed by atoms with Crippen molar-refractivity contribution in [2.75, 3.05) is 0 Å². The van der Waals surface area contributed by atoms with Crippen LogP contribution in [0.5, 0.6) is 0 Å². The summed E-state index contributed by atoms with van der Waals surface area (Å²) in [6, 6.07) is 3.82. The molecule has 3 heteroatoms. The molecule has 2 aromatic rings. The van der Waals surface area contributed by atoms with Crippen molar-refractivity contribution in [2.45, 2.75) is 26.7 Å². The fourth-order valence-corrected chi connectivity index (χ4v) is 1.89. The smallest absolute Gasteiger partial charge is 0.337 e. The molecule has 1 aromatic heterocycles. The lowest BCUT2D eigenvalue weighted by molar-refractivity contribution is 0.0698. The normalized spacial score (nSPS) is 11.2. The second kappa shape index (κ2) is 3.67. The molecular weight excluding hydrogens is 202 g/mol. The minimum Gasteiger partial charge on any atom is -0.478 e. The largest absolute Gasteiger partial charge is 0.478 e. The number of H-pyrrole nitrogens is 1. The van der Waals surface area contributed by atoms with Crippen LogP contribution in [-0.2, 0) is 0 Å². The lowest BCUT2D eigenvalue weighted by atomic mass is 9.97. The molecule has 0 saturated carbocycles. The molecule has 0 aliphatic rings. The fourth-order valence-electron chi connectivity index (χ4n) is 1.89. The number of rotatable bonds is 2. The molecule has 0 aliphatic heterocycles. The number of nitrogens with one attached hydrogen (secondary N) is 1. The summed E-state index contributed by atoms with van der Waals surface area (Å²) in [4.78, 5) is 14.2. The molecule has 1 heterocycles. The van der Waals surface area contributed by atoms with Crippen molar-refractivity contribution < 1.29 is 9.90 Å². The maximum Gasteiger partial charge on any atom is 0.337 e. The van der Waals surface area contributed by atoms with Crippen molar-refractivity contribution in [1.82, 2.24) is 4.98 Å². The molecule has 84 valence electrons. The summed E-state index contributed by atoms with van der Waals surface area (Å²) in [5.74, 6) is -0.550. The van der Waals surface area contributed by atoms with Crippen molar-refractivity contribution in [3.05, 3.63) is 35.0 Å². The quantitative estimate of drug-likeness (QED) is 0.810. The molecule has 0 saturated heterocycles. The van der Waals surface area contributed by atoms with Crippen LogP contribution >= 0.6 is 0 Å². The SMILES string of the molecule is Cc1c[nH]c2c(C(=O)O)cc(C(C)C)cc12. The van der Waals surface area contributed by atoms with E-state index in [4.69, 9.17) is 0 Å². The van der Waals surface area contributed by atoms with Crippen LogP contribution in [0.4, 0.5) is 0 Å². The standard InChI is InChI=1S/C13H15NO2/c1-7(2)9-4-10-8(3)6-14-12(10)11(5-9)13(15)16/h4-7,14H,1-3H3,(H,15,16). The van der Waals surface area contributed by atoms with Gasteiger partial charge in [-0.25, -0.2) is 4.79 Å². The molecule has 0 aliphatic carbocycles. The van der Waals surface area contributed by atoms with Gasteiger partial charge in [0.05, 0.1) is 11.1 Å². The Bertz CT molecular complexity index is 552. The average Bonchev–Trinajstić information content (AvgIpc) is 2.59. The molecule has 2 rings (SSSR count). The molecular formula is C13H15NO2. The topological polar surface area (TPSA) is 53.1 Å². The van der Waals surface area contributed by atoms with E-state index in [-0.39, 0.29) is 0 Å². The van der Waals surface area contributed by atoms with Crippen LogP contribution in [-0.4, -0.2) is 16.1 Å². The molecule has 0 amide bonds. The van der Waals surface area contributed by atoms with Gasteiger partial charge in [-0.3, -0.25) is 0 Å². The number of aryl methyl sites for hydroxylation is 1. The van der Waals surface area contributed by atoms with Gasteiger partial charge in [0.2, 0.25) is 0 Å². The van der Waals surface area contributed by atoms with Crippen LogP contribution in [0.3, 0.4) is 0 Å². The van der Waals surface area contributed by atoms with Crippen LogP contribution in [0.15, 0.2) is 18.3 Å². The van der Waals surface area contributed by atoms with Gasteiger partial charge in [-0.2, -0.15) is 0 Å².